The fraction of sp³-hybridized carbons (Fsp3) is 0.579. The highest BCUT2D eigenvalue weighted by atomic mass is 35.5. The van der Waals surface area contributed by atoms with Crippen molar-refractivity contribution in [2.75, 3.05) is 18.4 Å². The quantitative estimate of drug-likeness (QED) is 0.819. The first kappa shape index (κ1) is 18.2. The molecular formula is C19H27ClN4O. The van der Waals surface area contributed by atoms with Crippen molar-refractivity contribution in [3.8, 4) is 0 Å². The van der Waals surface area contributed by atoms with Gasteiger partial charge in [0.1, 0.15) is 0 Å². The van der Waals surface area contributed by atoms with Crippen LogP contribution in [0.2, 0.25) is 0 Å². The Morgan fingerprint density at radius 1 is 1.12 bits per heavy atom. The Hall–Kier alpha value is -1.59. The highest BCUT2D eigenvalue weighted by Gasteiger charge is 2.23. The van der Waals surface area contributed by atoms with E-state index in [1.807, 2.05) is 18.2 Å². The van der Waals surface area contributed by atoms with Gasteiger partial charge in [0.2, 0.25) is 11.9 Å². The summed E-state index contributed by atoms with van der Waals surface area (Å²) >= 11 is 0. The number of para-hydroxylation sites is 2. The van der Waals surface area contributed by atoms with Gasteiger partial charge in [-0.2, -0.15) is 0 Å². The molecule has 1 heterocycles. The fourth-order valence-electron chi connectivity index (χ4n) is 3.72. The van der Waals surface area contributed by atoms with Crippen LogP contribution in [0.3, 0.4) is 0 Å². The lowest BCUT2D eigenvalue weighted by molar-refractivity contribution is -0.115. The van der Waals surface area contributed by atoms with Gasteiger partial charge in [-0.05, 0) is 50.3 Å². The zero-order valence-electron chi connectivity index (χ0n) is 14.5. The number of imidazole rings is 1. The third-order valence-corrected chi connectivity index (χ3v) is 5.20. The molecule has 0 radical (unpaired) electrons. The Labute approximate surface area is 155 Å². The van der Waals surface area contributed by atoms with E-state index in [1.165, 1.54) is 44.9 Å². The van der Waals surface area contributed by atoms with Crippen LogP contribution in [0.15, 0.2) is 24.3 Å². The monoisotopic (exact) mass is 362 g/mol. The first-order chi connectivity index (χ1) is 11.8. The largest absolute Gasteiger partial charge is 0.308 e. The maximum absolute atomic E-state index is 12.3. The van der Waals surface area contributed by atoms with Crippen molar-refractivity contribution in [1.82, 2.24) is 14.9 Å². The molecule has 136 valence electrons. The van der Waals surface area contributed by atoms with Crippen molar-refractivity contribution in [2.24, 2.45) is 5.92 Å². The van der Waals surface area contributed by atoms with Gasteiger partial charge in [-0.15, -0.1) is 12.4 Å². The highest BCUT2D eigenvalue weighted by molar-refractivity contribution is 5.92. The smallest absolute Gasteiger partial charge is 0.240 e. The molecule has 2 saturated carbocycles. The Balaban J connectivity index is 0.00000182. The number of hydrogen-bond acceptors (Lipinski definition) is 3. The second kappa shape index (κ2) is 8.19. The van der Waals surface area contributed by atoms with Crippen molar-refractivity contribution in [2.45, 2.75) is 51.0 Å². The summed E-state index contributed by atoms with van der Waals surface area (Å²) in [6, 6.07) is 8.63. The lowest BCUT2D eigenvalue weighted by atomic mass is 9.95. The lowest BCUT2D eigenvalue weighted by Crippen LogP contribution is -2.30. The van der Waals surface area contributed by atoms with E-state index in [1.54, 1.807) is 0 Å². The Kier molecular flexibility index (Phi) is 5.97. The SMILES string of the molecule is Cl.O=C(CNCC1CC1)Nc1nc2ccccc2n1C1CCCCC1. The number of carbonyl (C=O) groups excluding carboxylic acids is 1. The van der Waals surface area contributed by atoms with E-state index in [4.69, 9.17) is 0 Å². The average Bonchev–Trinajstić information content (AvgIpc) is 3.35. The Bertz CT molecular complexity index is 719. The number of nitrogens with one attached hydrogen (secondary N) is 2. The fourth-order valence-corrected chi connectivity index (χ4v) is 3.72. The van der Waals surface area contributed by atoms with Crippen LogP contribution in [-0.2, 0) is 4.79 Å². The van der Waals surface area contributed by atoms with Gasteiger partial charge in [-0.25, -0.2) is 4.98 Å². The molecule has 2 aromatic rings. The zero-order valence-corrected chi connectivity index (χ0v) is 15.4. The summed E-state index contributed by atoms with van der Waals surface area (Å²) in [7, 11) is 0. The van der Waals surface area contributed by atoms with Gasteiger partial charge in [0.05, 0.1) is 17.6 Å². The van der Waals surface area contributed by atoms with Crippen LogP contribution < -0.4 is 10.6 Å². The molecule has 0 unspecified atom stereocenters. The van der Waals surface area contributed by atoms with E-state index in [0.717, 1.165) is 23.5 Å². The Morgan fingerprint density at radius 3 is 2.64 bits per heavy atom. The molecule has 0 atom stereocenters. The molecule has 4 rings (SSSR count). The van der Waals surface area contributed by atoms with Gasteiger partial charge in [0, 0.05) is 6.04 Å². The molecule has 2 aliphatic rings. The molecule has 1 aromatic carbocycles. The highest BCUT2D eigenvalue weighted by Crippen LogP contribution is 2.34. The van der Waals surface area contributed by atoms with Gasteiger partial charge >= 0.3 is 0 Å². The second-order valence-electron chi connectivity index (χ2n) is 7.21. The number of fused-ring (bicyclic) bond motifs is 1. The standard InChI is InChI=1S/C19H26N4O.ClH/c24-18(13-20-12-14-10-11-14)22-19-21-16-8-4-5-9-17(16)23(19)15-6-2-1-3-7-15;/h4-5,8-9,14-15,20H,1-3,6-7,10-13H2,(H,21,22,24);1H. The minimum atomic E-state index is 0. The van der Waals surface area contributed by atoms with Gasteiger partial charge < -0.3 is 9.88 Å². The van der Waals surface area contributed by atoms with E-state index in [2.05, 4.69) is 26.3 Å². The number of aromatic nitrogens is 2. The van der Waals surface area contributed by atoms with Crippen molar-refractivity contribution >= 4 is 35.3 Å². The minimum absolute atomic E-state index is 0. The topological polar surface area (TPSA) is 59.0 Å². The number of anilines is 1. The van der Waals surface area contributed by atoms with E-state index in [-0.39, 0.29) is 18.3 Å². The van der Waals surface area contributed by atoms with Crippen LogP contribution in [-0.4, -0.2) is 28.5 Å². The molecule has 0 bridgehead atoms. The predicted molar refractivity (Wildman–Crippen MR) is 103 cm³/mol. The molecular weight excluding hydrogens is 336 g/mol. The number of rotatable bonds is 6. The summed E-state index contributed by atoms with van der Waals surface area (Å²) in [6.45, 7) is 1.32. The maximum Gasteiger partial charge on any atom is 0.240 e. The van der Waals surface area contributed by atoms with Crippen molar-refractivity contribution in [1.29, 1.82) is 0 Å². The summed E-state index contributed by atoms with van der Waals surface area (Å²) in [6.07, 6.45) is 8.77. The van der Waals surface area contributed by atoms with Crippen LogP contribution in [0.1, 0.15) is 51.0 Å². The van der Waals surface area contributed by atoms with Crippen LogP contribution >= 0.6 is 12.4 Å². The molecule has 5 nitrogen and oxygen atoms in total. The lowest BCUT2D eigenvalue weighted by Gasteiger charge is -2.25. The van der Waals surface area contributed by atoms with Crippen molar-refractivity contribution in [3.05, 3.63) is 24.3 Å². The number of carbonyl (C=O) groups is 1. The molecule has 1 amide bonds. The van der Waals surface area contributed by atoms with Crippen molar-refractivity contribution < 1.29 is 4.79 Å². The molecule has 0 spiro atoms. The van der Waals surface area contributed by atoms with Crippen LogP contribution in [0.4, 0.5) is 5.95 Å². The molecule has 2 N–H and O–H groups in total. The van der Waals surface area contributed by atoms with Gasteiger partial charge in [-0.1, -0.05) is 31.4 Å². The van der Waals surface area contributed by atoms with Gasteiger partial charge in [-0.3, -0.25) is 10.1 Å². The molecule has 0 aliphatic heterocycles. The van der Waals surface area contributed by atoms with E-state index >= 15 is 0 Å². The summed E-state index contributed by atoms with van der Waals surface area (Å²) in [5.74, 6) is 1.49. The zero-order chi connectivity index (χ0) is 16.4. The maximum atomic E-state index is 12.3. The third kappa shape index (κ3) is 4.33. The molecule has 2 fully saturated rings. The molecule has 2 aliphatic carbocycles. The summed E-state index contributed by atoms with van der Waals surface area (Å²) in [5, 5.41) is 6.29. The number of halogens is 1. The number of amides is 1. The van der Waals surface area contributed by atoms with E-state index < -0.39 is 0 Å². The van der Waals surface area contributed by atoms with Gasteiger partial charge in [0.25, 0.3) is 0 Å². The van der Waals surface area contributed by atoms with Crippen LogP contribution in [0.25, 0.3) is 11.0 Å². The normalized spacial score (nSPS) is 18.1. The number of benzene rings is 1. The molecule has 1 aromatic heterocycles. The predicted octanol–water partition coefficient (Wildman–Crippen LogP) is 3.90. The summed E-state index contributed by atoms with van der Waals surface area (Å²) in [5.41, 5.74) is 2.09. The number of nitrogens with zero attached hydrogens (tertiary/aromatic N) is 2. The summed E-state index contributed by atoms with van der Waals surface area (Å²) < 4.78 is 2.26. The first-order valence-electron chi connectivity index (χ1n) is 9.29. The average molecular weight is 363 g/mol. The van der Waals surface area contributed by atoms with Gasteiger partial charge in [0.15, 0.2) is 0 Å². The van der Waals surface area contributed by atoms with E-state index in [0.29, 0.717) is 18.5 Å². The summed E-state index contributed by atoms with van der Waals surface area (Å²) in [4.78, 5) is 17.0. The third-order valence-electron chi connectivity index (χ3n) is 5.20. The minimum Gasteiger partial charge on any atom is -0.308 e. The Morgan fingerprint density at radius 2 is 1.88 bits per heavy atom. The number of hydrogen-bond donors (Lipinski definition) is 2. The van der Waals surface area contributed by atoms with Crippen molar-refractivity contribution in [3.63, 3.8) is 0 Å². The van der Waals surface area contributed by atoms with Crippen LogP contribution in [0.5, 0.6) is 0 Å². The molecule has 0 saturated heterocycles. The molecule has 25 heavy (non-hydrogen) atoms. The van der Waals surface area contributed by atoms with Crippen LogP contribution in [0, 0.1) is 5.92 Å². The second-order valence-corrected chi connectivity index (χ2v) is 7.21. The first-order valence-corrected chi connectivity index (χ1v) is 9.29. The van der Waals surface area contributed by atoms with E-state index in [9.17, 15) is 4.79 Å². The molecule has 6 heteroatoms.